The molecule has 2 N–H and O–H groups in total. The Kier molecular flexibility index (Phi) is 6.79. The molecule has 7 heteroatoms. The average molecular weight is 449 g/mol. The highest BCUT2D eigenvalue weighted by atomic mass is 16.2. The first-order valence-corrected chi connectivity index (χ1v) is 11.6. The van der Waals surface area contributed by atoms with Crippen LogP contribution in [0.5, 0.6) is 0 Å². The smallest absolute Gasteiger partial charge is 0.253 e. The molecule has 4 rings (SSSR count). The number of rotatable bonds is 5. The van der Waals surface area contributed by atoms with Gasteiger partial charge in [0.2, 0.25) is 11.8 Å². The fraction of sp³-hybridized carbons (Fsp3) is 0.423. The lowest BCUT2D eigenvalue weighted by Crippen LogP contribution is -2.62. The van der Waals surface area contributed by atoms with Gasteiger partial charge in [-0.3, -0.25) is 19.3 Å². The molecule has 0 unspecified atom stereocenters. The van der Waals surface area contributed by atoms with Crippen LogP contribution in [0.3, 0.4) is 0 Å². The van der Waals surface area contributed by atoms with Gasteiger partial charge in [0.25, 0.3) is 5.91 Å². The van der Waals surface area contributed by atoms with Crippen LogP contribution in [0.15, 0.2) is 60.7 Å². The fourth-order valence-electron chi connectivity index (χ4n) is 4.84. The summed E-state index contributed by atoms with van der Waals surface area (Å²) in [5.74, 6) is -0.506. The van der Waals surface area contributed by atoms with Gasteiger partial charge in [-0.25, -0.2) is 0 Å². The first-order chi connectivity index (χ1) is 15.9. The van der Waals surface area contributed by atoms with Crippen molar-refractivity contribution in [2.75, 3.05) is 32.7 Å². The fourth-order valence-corrected chi connectivity index (χ4v) is 4.84. The van der Waals surface area contributed by atoms with Crippen molar-refractivity contribution in [3.8, 4) is 0 Å². The summed E-state index contributed by atoms with van der Waals surface area (Å²) in [5, 5.41) is 0. The molecular formula is C26H32N4O3. The van der Waals surface area contributed by atoms with Gasteiger partial charge >= 0.3 is 0 Å². The molecule has 2 aliphatic rings. The Morgan fingerprint density at radius 1 is 0.909 bits per heavy atom. The molecule has 2 heterocycles. The molecule has 2 aliphatic heterocycles. The number of nitrogens with zero attached hydrogens (tertiary/aromatic N) is 3. The largest absolute Gasteiger partial charge is 0.368 e. The van der Waals surface area contributed by atoms with Crippen LogP contribution in [-0.4, -0.2) is 71.2 Å². The van der Waals surface area contributed by atoms with E-state index in [-0.39, 0.29) is 11.8 Å². The second-order valence-corrected chi connectivity index (χ2v) is 9.36. The zero-order valence-corrected chi connectivity index (χ0v) is 19.2. The van der Waals surface area contributed by atoms with Crippen molar-refractivity contribution in [2.24, 2.45) is 11.1 Å². The van der Waals surface area contributed by atoms with Crippen molar-refractivity contribution in [3.63, 3.8) is 0 Å². The van der Waals surface area contributed by atoms with Crippen LogP contribution in [-0.2, 0) is 16.1 Å². The predicted octanol–water partition coefficient (Wildman–Crippen LogP) is 2.13. The molecule has 0 bridgehead atoms. The SMILES string of the molecule is CC1(C(=O)N2CCN(Cc3ccccc3)C[C@@H]2C(N)=O)CCN(C(=O)c2ccccc2)CC1. The van der Waals surface area contributed by atoms with E-state index in [4.69, 9.17) is 5.73 Å². The summed E-state index contributed by atoms with van der Waals surface area (Å²) in [6, 6.07) is 18.7. The Bertz CT molecular complexity index is 987. The van der Waals surface area contributed by atoms with Crippen LogP contribution >= 0.6 is 0 Å². The van der Waals surface area contributed by atoms with E-state index >= 15 is 0 Å². The van der Waals surface area contributed by atoms with Crippen LogP contribution in [0.2, 0.25) is 0 Å². The number of hydrogen-bond acceptors (Lipinski definition) is 4. The standard InChI is InChI=1S/C26H32N4O3/c1-26(12-14-29(15-13-26)24(32)21-10-6-3-7-11-21)25(33)30-17-16-28(19-22(30)23(27)31)18-20-8-4-2-5-9-20/h2-11,22H,12-19H2,1H3,(H2,27,31)/t22-/m1/s1. The zero-order valence-electron chi connectivity index (χ0n) is 19.2. The van der Waals surface area contributed by atoms with Crippen molar-refractivity contribution in [1.82, 2.24) is 14.7 Å². The van der Waals surface area contributed by atoms with E-state index in [2.05, 4.69) is 17.0 Å². The first-order valence-electron chi connectivity index (χ1n) is 11.6. The lowest BCUT2D eigenvalue weighted by molar-refractivity contribution is -0.153. The first kappa shape index (κ1) is 23.0. The third-order valence-electron chi connectivity index (χ3n) is 6.99. The highest BCUT2D eigenvalue weighted by Crippen LogP contribution is 2.35. The van der Waals surface area contributed by atoms with Crippen molar-refractivity contribution in [2.45, 2.75) is 32.4 Å². The van der Waals surface area contributed by atoms with Gasteiger partial charge in [-0.2, -0.15) is 0 Å². The van der Waals surface area contributed by atoms with Gasteiger partial charge in [-0.1, -0.05) is 55.5 Å². The van der Waals surface area contributed by atoms with Gasteiger partial charge in [0.1, 0.15) is 6.04 Å². The van der Waals surface area contributed by atoms with E-state index in [9.17, 15) is 14.4 Å². The minimum atomic E-state index is -0.643. The summed E-state index contributed by atoms with van der Waals surface area (Å²) in [5.41, 5.74) is 6.96. The topological polar surface area (TPSA) is 87.0 Å². The van der Waals surface area contributed by atoms with Gasteiger partial charge in [0, 0.05) is 50.2 Å². The maximum Gasteiger partial charge on any atom is 0.253 e. The molecule has 0 aliphatic carbocycles. The number of carbonyl (C=O) groups excluding carboxylic acids is 3. The minimum absolute atomic E-state index is 0.00497. The van der Waals surface area contributed by atoms with Crippen LogP contribution in [0, 0.1) is 5.41 Å². The van der Waals surface area contributed by atoms with Crippen molar-refractivity contribution in [1.29, 1.82) is 0 Å². The number of primary amides is 1. The number of amides is 3. The predicted molar refractivity (Wildman–Crippen MR) is 126 cm³/mol. The van der Waals surface area contributed by atoms with E-state index < -0.39 is 17.4 Å². The maximum absolute atomic E-state index is 13.6. The summed E-state index contributed by atoms with van der Waals surface area (Å²) in [4.78, 5) is 44.3. The molecule has 0 saturated carbocycles. The summed E-state index contributed by atoms with van der Waals surface area (Å²) in [6.45, 7) is 5.32. The number of piperazine rings is 1. The monoisotopic (exact) mass is 448 g/mol. The van der Waals surface area contributed by atoms with Gasteiger partial charge < -0.3 is 15.5 Å². The number of benzene rings is 2. The van der Waals surface area contributed by atoms with Crippen LogP contribution in [0.1, 0.15) is 35.7 Å². The third kappa shape index (κ3) is 5.09. The van der Waals surface area contributed by atoms with Crippen molar-refractivity contribution in [3.05, 3.63) is 71.8 Å². The number of carbonyl (C=O) groups is 3. The Morgan fingerprint density at radius 2 is 1.52 bits per heavy atom. The molecule has 2 aromatic carbocycles. The lowest BCUT2D eigenvalue weighted by Gasteiger charge is -2.46. The lowest BCUT2D eigenvalue weighted by atomic mass is 9.78. The molecule has 2 saturated heterocycles. The maximum atomic E-state index is 13.6. The number of hydrogen-bond donors (Lipinski definition) is 1. The molecule has 0 spiro atoms. The molecular weight excluding hydrogens is 416 g/mol. The molecule has 33 heavy (non-hydrogen) atoms. The highest BCUT2D eigenvalue weighted by Gasteiger charge is 2.44. The van der Waals surface area contributed by atoms with Gasteiger partial charge in [-0.15, -0.1) is 0 Å². The quantitative estimate of drug-likeness (QED) is 0.759. The molecule has 174 valence electrons. The van der Waals surface area contributed by atoms with Gasteiger partial charge in [-0.05, 0) is 30.5 Å². The normalized spacial score (nSPS) is 20.9. The third-order valence-corrected chi connectivity index (χ3v) is 6.99. The Morgan fingerprint density at radius 3 is 2.12 bits per heavy atom. The minimum Gasteiger partial charge on any atom is -0.368 e. The van der Waals surface area contributed by atoms with Gasteiger partial charge in [0.15, 0.2) is 0 Å². The summed E-state index contributed by atoms with van der Waals surface area (Å²) in [7, 11) is 0. The molecule has 0 aromatic heterocycles. The molecule has 0 radical (unpaired) electrons. The van der Waals surface area contributed by atoms with E-state index in [0.717, 1.165) is 6.54 Å². The second-order valence-electron chi connectivity index (χ2n) is 9.36. The van der Waals surface area contributed by atoms with Crippen LogP contribution < -0.4 is 5.73 Å². The summed E-state index contributed by atoms with van der Waals surface area (Å²) in [6.07, 6.45) is 1.14. The molecule has 1 atom stereocenters. The van der Waals surface area contributed by atoms with Crippen LogP contribution in [0.4, 0.5) is 0 Å². The molecule has 2 aromatic rings. The second kappa shape index (κ2) is 9.75. The van der Waals surface area contributed by atoms with Gasteiger partial charge in [0.05, 0.1) is 0 Å². The highest BCUT2D eigenvalue weighted by molar-refractivity contribution is 5.94. The number of likely N-dealkylation sites (tertiary alicyclic amines) is 1. The van der Waals surface area contributed by atoms with Crippen molar-refractivity contribution >= 4 is 17.7 Å². The summed E-state index contributed by atoms with van der Waals surface area (Å²) < 4.78 is 0. The Labute approximate surface area is 195 Å². The zero-order chi connectivity index (χ0) is 23.4. The Hall–Kier alpha value is -3.19. The number of nitrogens with two attached hydrogens (primary N) is 1. The molecule has 3 amide bonds. The van der Waals surface area contributed by atoms with E-state index in [1.165, 1.54) is 5.56 Å². The molecule has 2 fully saturated rings. The van der Waals surface area contributed by atoms with E-state index in [0.29, 0.717) is 51.1 Å². The van der Waals surface area contributed by atoms with Crippen molar-refractivity contribution < 1.29 is 14.4 Å². The number of piperidine rings is 1. The molecule has 7 nitrogen and oxygen atoms in total. The summed E-state index contributed by atoms with van der Waals surface area (Å²) >= 11 is 0. The average Bonchev–Trinajstić information content (AvgIpc) is 2.85. The van der Waals surface area contributed by atoms with E-state index in [1.807, 2.05) is 60.4 Å². The Balaban J connectivity index is 1.39. The van der Waals surface area contributed by atoms with E-state index in [1.54, 1.807) is 4.90 Å². The van der Waals surface area contributed by atoms with Crippen LogP contribution in [0.25, 0.3) is 0 Å².